The van der Waals surface area contributed by atoms with E-state index in [-0.39, 0.29) is 31.0 Å². The van der Waals surface area contributed by atoms with Crippen molar-refractivity contribution in [1.29, 1.82) is 0 Å². The van der Waals surface area contributed by atoms with Gasteiger partial charge in [-0.15, -0.1) is 0 Å². The topological polar surface area (TPSA) is 83.5 Å². The highest BCUT2D eigenvalue weighted by atomic mass is 16.4. The molecule has 0 aliphatic rings. The van der Waals surface area contributed by atoms with E-state index in [1.54, 1.807) is 36.4 Å². The summed E-state index contributed by atoms with van der Waals surface area (Å²) in [6, 6.07) is 14.0. The molecule has 5 nitrogen and oxygen atoms in total. The number of amides is 1. The third-order valence-corrected chi connectivity index (χ3v) is 3.64. The van der Waals surface area contributed by atoms with Crippen molar-refractivity contribution in [2.45, 2.75) is 26.2 Å². The lowest BCUT2D eigenvalue weighted by atomic mass is 10.00. The number of aliphatic carboxylic acids is 1. The first-order chi connectivity index (χ1) is 11.5. The van der Waals surface area contributed by atoms with E-state index in [1.807, 2.05) is 19.1 Å². The number of hydrogen-bond donors (Lipinski definition) is 2. The Kier molecular flexibility index (Phi) is 5.84. The monoisotopic (exact) mass is 325 g/mol. The van der Waals surface area contributed by atoms with Crippen LogP contribution >= 0.6 is 0 Å². The fraction of sp³-hybridized carbons (Fsp3) is 0.211. The zero-order valence-corrected chi connectivity index (χ0v) is 13.4. The van der Waals surface area contributed by atoms with Gasteiger partial charge in [0.2, 0.25) is 0 Å². The van der Waals surface area contributed by atoms with Gasteiger partial charge in [-0.05, 0) is 37.1 Å². The maximum Gasteiger partial charge on any atom is 0.303 e. The molecule has 0 saturated heterocycles. The number of nitrogens with one attached hydrogen (secondary N) is 1. The number of anilines is 1. The average Bonchev–Trinajstić information content (AvgIpc) is 2.57. The number of hydrogen-bond acceptors (Lipinski definition) is 3. The van der Waals surface area contributed by atoms with E-state index < -0.39 is 5.97 Å². The zero-order chi connectivity index (χ0) is 17.5. The van der Waals surface area contributed by atoms with Crippen LogP contribution in [0.1, 0.15) is 45.5 Å². The van der Waals surface area contributed by atoms with Crippen molar-refractivity contribution in [3.05, 3.63) is 65.2 Å². The number of benzene rings is 2. The van der Waals surface area contributed by atoms with Crippen LogP contribution in [0.15, 0.2) is 48.5 Å². The molecule has 1 amide bonds. The lowest BCUT2D eigenvalue weighted by molar-refractivity contribution is -0.137. The number of Topliss-reactive ketones (excluding diaryl/α,β-unsaturated/α-hetero) is 1. The Morgan fingerprint density at radius 1 is 0.958 bits per heavy atom. The van der Waals surface area contributed by atoms with Crippen LogP contribution in [0.3, 0.4) is 0 Å². The number of carbonyl (C=O) groups is 3. The number of para-hydroxylation sites is 1. The highest BCUT2D eigenvalue weighted by Gasteiger charge is 2.16. The Hall–Kier alpha value is -2.95. The normalized spacial score (nSPS) is 10.2. The van der Waals surface area contributed by atoms with Crippen LogP contribution in [0.25, 0.3) is 0 Å². The molecule has 0 unspecified atom stereocenters. The Morgan fingerprint density at radius 2 is 1.67 bits per heavy atom. The molecule has 0 atom stereocenters. The summed E-state index contributed by atoms with van der Waals surface area (Å²) in [5, 5.41) is 11.5. The van der Waals surface area contributed by atoms with Gasteiger partial charge in [-0.2, -0.15) is 0 Å². The summed E-state index contributed by atoms with van der Waals surface area (Å²) >= 11 is 0. The molecule has 2 rings (SSSR count). The zero-order valence-electron chi connectivity index (χ0n) is 13.4. The lowest BCUT2D eigenvalue weighted by Gasteiger charge is -2.13. The molecular formula is C19H19NO4. The average molecular weight is 325 g/mol. The van der Waals surface area contributed by atoms with E-state index in [9.17, 15) is 14.4 Å². The standard InChI is InChI=1S/C19H19NO4/c1-13-7-5-10-15(16(21)11-6-12-17(22)23)18(13)20-19(24)14-8-3-2-4-9-14/h2-5,7-10H,6,11-12H2,1H3,(H,20,24)(H,22,23). The Balaban J connectivity index is 2.19. The van der Waals surface area contributed by atoms with E-state index in [0.717, 1.165) is 5.56 Å². The number of carbonyl (C=O) groups excluding carboxylic acids is 2. The van der Waals surface area contributed by atoms with Crippen LogP contribution in [0.2, 0.25) is 0 Å². The fourth-order valence-corrected chi connectivity index (χ4v) is 2.38. The van der Waals surface area contributed by atoms with Crippen molar-refractivity contribution in [3.8, 4) is 0 Å². The van der Waals surface area contributed by atoms with Crippen LogP contribution < -0.4 is 5.32 Å². The van der Waals surface area contributed by atoms with E-state index in [4.69, 9.17) is 5.11 Å². The van der Waals surface area contributed by atoms with Gasteiger partial charge in [-0.3, -0.25) is 14.4 Å². The second-order valence-electron chi connectivity index (χ2n) is 5.49. The molecule has 0 heterocycles. The third-order valence-electron chi connectivity index (χ3n) is 3.64. The summed E-state index contributed by atoms with van der Waals surface area (Å²) in [5.74, 6) is -1.39. The molecule has 0 saturated carbocycles. The molecule has 0 fully saturated rings. The molecule has 0 aromatic heterocycles. The third kappa shape index (κ3) is 4.52. The minimum Gasteiger partial charge on any atom is -0.481 e. The second kappa shape index (κ2) is 8.06. The fourth-order valence-electron chi connectivity index (χ4n) is 2.38. The summed E-state index contributed by atoms with van der Waals surface area (Å²) < 4.78 is 0. The number of carboxylic acids is 1. The summed E-state index contributed by atoms with van der Waals surface area (Å²) in [5.41, 5.74) is 2.17. The predicted molar refractivity (Wildman–Crippen MR) is 91.4 cm³/mol. The maximum atomic E-state index is 12.4. The molecule has 2 N–H and O–H groups in total. The molecule has 24 heavy (non-hydrogen) atoms. The largest absolute Gasteiger partial charge is 0.481 e. The number of ketones is 1. The smallest absolute Gasteiger partial charge is 0.303 e. The van der Waals surface area contributed by atoms with E-state index in [0.29, 0.717) is 16.8 Å². The van der Waals surface area contributed by atoms with Crippen LogP contribution in [0.5, 0.6) is 0 Å². The van der Waals surface area contributed by atoms with Gasteiger partial charge < -0.3 is 10.4 Å². The van der Waals surface area contributed by atoms with Crippen molar-refractivity contribution in [1.82, 2.24) is 0 Å². The minimum absolute atomic E-state index is 0.0523. The quantitative estimate of drug-likeness (QED) is 0.761. The van der Waals surface area contributed by atoms with Gasteiger partial charge in [0.1, 0.15) is 0 Å². The van der Waals surface area contributed by atoms with Gasteiger partial charge in [-0.1, -0.05) is 30.3 Å². The number of carboxylic acid groups (broad SMARTS) is 1. The number of rotatable bonds is 7. The molecule has 5 heteroatoms. The van der Waals surface area contributed by atoms with E-state index in [2.05, 4.69) is 5.32 Å². The Bertz CT molecular complexity index is 753. The molecule has 0 bridgehead atoms. The lowest BCUT2D eigenvalue weighted by Crippen LogP contribution is -2.16. The Labute approximate surface area is 140 Å². The van der Waals surface area contributed by atoms with Crippen molar-refractivity contribution < 1.29 is 19.5 Å². The first kappa shape index (κ1) is 17.4. The SMILES string of the molecule is Cc1cccc(C(=O)CCCC(=O)O)c1NC(=O)c1ccccc1. The highest BCUT2D eigenvalue weighted by molar-refractivity contribution is 6.10. The van der Waals surface area contributed by atoms with Crippen LogP contribution in [0.4, 0.5) is 5.69 Å². The van der Waals surface area contributed by atoms with Crippen molar-refractivity contribution >= 4 is 23.3 Å². The maximum absolute atomic E-state index is 12.4. The minimum atomic E-state index is -0.926. The predicted octanol–water partition coefficient (Wildman–Crippen LogP) is 3.68. The molecule has 2 aromatic carbocycles. The second-order valence-corrected chi connectivity index (χ2v) is 5.49. The molecule has 0 aliphatic carbocycles. The van der Waals surface area contributed by atoms with Crippen molar-refractivity contribution in [2.75, 3.05) is 5.32 Å². The molecule has 0 spiro atoms. The van der Waals surface area contributed by atoms with Crippen LogP contribution in [-0.4, -0.2) is 22.8 Å². The van der Waals surface area contributed by atoms with Gasteiger partial charge in [0.15, 0.2) is 5.78 Å². The summed E-state index contributed by atoms with van der Waals surface area (Å²) in [6.07, 6.45) is 0.349. The molecule has 124 valence electrons. The van der Waals surface area contributed by atoms with Gasteiger partial charge in [0.25, 0.3) is 5.91 Å². The van der Waals surface area contributed by atoms with Gasteiger partial charge in [0.05, 0.1) is 5.69 Å². The molecule has 2 aromatic rings. The first-order valence-corrected chi connectivity index (χ1v) is 7.70. The van der Waals surface area contributed by atoms with Crippen LogP contribution in [0, 0.1) is 6.92 Å². The number of aryl methyl sites for hydroxylation is 1. The van der Waals surface area contributed by atoms with Crippen molar-refractivity contribution in [2.24, 2.45) is 0 Å². The van der Waals surface area contributed by atoms with Crippen LogP contribution in [-0.2, 0) is 4.79 Å². The molecule has 0 radical (unpaired) electrons. The molecular weight excluding hydrogens is 306 g/mol. The summed E-state index contributed by atoms with van der Waals surface area (Å²) in [4.78, 5) is 35.3. The highest BCUT2D eigenvalue weighted by Crippen LogP contribution is 2.23. The van der Waals surface area contributed by atoms with Gasteiger partial charge in [-0.25, -0.2) is 0 Å². The Morgan fingerprint density at radius 3 is 2.33 bits per heavy atom. The van der Waals surface area contributed by atoms with E-state index in [1.165, 1.54) is 0 Å². The van der Waals surface area contributed by atoms with Crippen molar-refractivity contribution in [3.63, 3.8) is 0 Å². The van der Waals surface area contributed by atoms with E-state index >= 15 is 0 Å². The van der Waals surface area contributed by atoms with Gasteiger partial charge >= 0.3 is 5.97 Å². The first-order valence-electron chi connectivity index (χ1n) is 7.70. The molecule has 0 aliphatic heterocycles. The van der Waals surface area contributed by atoms with Gasteiger partial charge in [0, 0.05) is 24.0 Å². The summed E-state index contributed by atoms with van der Waals surface area (Å²) in [7, 11) is 0. The summed E-state index contributed by atoms with van der Waals surface area (Å²) in [6.45, 7) is 1.81.